The van der Waals surface area contributed by atoms with Crippen LogP contribution in [0.3, 0.4) is 0 Å². The number of para-hydroxylation sites is 1. The van der Waals surface area contributed by atoms with Crippen molar-refractivity contribution in [1.82, 2.24) is 4.90 Å². The first-order chi connectivity index (χ1) is 8.10. The van der Waals surface area contributed by atoms with E-state index in [1.165, 1.54) is 0 Å². The van der Waals surface area contributed by atoms with Crippen LogP contribution in [0.25, 0.3) is 0 Å². The summed E-state index contributed by atoms with van der Waals surface area (Å²) in [6.45, 7) is 2.89. The Morgan fingerprint density at radius 3 is 2.65 bits per heavy atom. The zero-order chi connectivity index (χ0) is 12.8. The summed E-state index contributed by atoms with van der Waals surface area (Å²) in [6, 6.07) is 6.13. The number of ether oxygens (including phenoxy) is 1. The third-order valence-corrected chi connectivity index (χ3v) is 2.80. The van der Waals surface area contributed by atoms with Gasteiger partial charge in [0.05, 0.1) is 7.11 Å². The van der Waals surface area contributed by atoms with Crippen LogP contribution in [-0.4, -0.2) is 32.4 Å². The fourth-order valence-electron chi connectivity index (χ4n) is 1.98. The molecule has 0 aliphatic rings. The number of aldehydes is 1. The normalized spacial score (nSPS) is 12.5. The van der Waals surface area contributed by atoms with E-state index in [0.29, 0.717) is 6.42 Å². The molecule has 0 saturated carbocycles. The minimum Gasteiger partial charge on any atom is -0.496 e. The molecule has 17 heavy (non-hydrogen) atoms. The second kappa shape index (κ2) is 6.40. The second-order valence-corrected chi connectivity index (χ2v) is 4.58. The molecule has 0 aromatic heterocycles. The Bertz CT molecular complexity index is 374. The summed E-state index contributed by atoms with van der Waals surface area (Å²) in [5, 5.41) is 0. The van der Waals surface area contributed by atoms with Gasteiger partial charge in [0.15, 0.2) is 0 Å². The summed E-state index contributed by atoms with van der Waals surface area (Å²) >= 11 is 0. The highest BCUT2D eigenvalue weighted by molar-refractivity contribution is 5.53. The molecule has 0 aliphatic heterocycles. The molecular weight excluding hydrogens is 214 g/mol. The number of rotatable bonds is 6. The molecule has 0 saturated heterocycles. The van der Waals surface area contributed by atoms with Gasteiger partial charge in [-0.2, -0.15) is 0 Å². The van der Waals surface area contributed by atoms with Crippen molar-refractivity contribution in [3.05, 3.63) is 29.3 Å². The minimum absolute atomic E-state index is 0.199. The minimum atomic E-state index is 0.199. The van der Waals surface area contributed by atoms with E-state index in [4.69, 9.17) is 4.74 Å². The molecule has 0 N–H and O–H groups in total. The average molecular weight is 235 g/mol. The molecule has 1 unspecified atom stereocenters. The van der Waals surface area contributed by atoms with Gasteiger partial charge in [-0.05, 0) is 25.6 Å². The van der Waals surface area contributed by atoms with Gasteiger partial charge in [-0.15, -0.1) is 0 Å². The zero-order valence-electron chi connectivity index (χ0n) is 11.1. The molecule has 1 aromatic rings. The van der Waals surface area contributed by atoms with Crippen LogP contribution >= 0.6 is 0 Å². The Morgan fingerprint density at radius 1 is 1.41 bits per heavy atom. The fourth-order valence-corrected chi connectivity index (χ4v) is 1.98. The Morgan fingerprint density at radius 2 is 2.12 bits per heavy atom. The third kappa shape index (κ3) is 3.56. The number of benzene rings is 1. The molecule has 94 valence electrons. The maximum Gasteiger partial charge on any atom is 0.126 e. The molecule has 1 aromatic carbocycles. The lowest BCUT2D eigenvalue weighted by molar-refractivity contribution is -0.108. The number of nitrogens with zero attached hydrogens (tertiary/aromatic N) is 1. The van der Waals surface area contributed by atoms with Crippen LogP contribution in [0.4, 0.5) is 0 Å². The van der Waals surface area contributed by atoms with Gasteiger partial charge < -0.3 is 14.4 Å². The fraction of sp³-hybridized carbons (Fsp3) is 0.500. The first-order valence-corrected chi connectivity index (χ1v) is 5.84. The summed E-state index contributed by atoms with van der Waals surface area (Å²) in [7, 11) is 5.74. The molecule has 0 amide bonds. The molecule has 0 radical (unpaired) electrons. The average Bonchev–Trinajstić information content (AvgIpc) is 2.28. The predicted octanol–water partition coefficient (Wildman–Crippen LogP) is 2.45. The number of carbonyl (C=O) groups is 1. The van der Waals surface area contributed by atoms with E-state index in [2.05, 4.69) is 11.0 Å². The largest absolute Gasteiger partial charge is 0.496 e. The summed E-state index contributed by atoms with van der Waals surface area (Å²) in [5.41, 5.74) is 2.27. The Balaban J connectivity index is 3.08. The van der Waals surface area contributed by atoms with Crippen molar-refractivity contribution >= 4 is 6.29 Å². The van der Waals surface area contributed by atoms with Gasteiger partial charge in [-0.25, -0.2) is 0 Å². The lowest BCUT2D eigenvalue weighted by Crippen LogP contribution is -2.12. The standard InChI is InChI=1S/C14H21NO2/c1-11(8-9-16)13-7-5-6-12(10-15(2)3)14(13)17-4/h5-7,9,11H,8,10H2,1-4H3. The van der Waals surface area contributed by atoms with E-state index in [1.807, 2.05) is 33.2 Å². The first-order valence-electron chi connectivity index (χ1n) is 5.84. The molecular formula is C14H21NO2. The Kier molecular flexibility index (Phi) is 5.16. The monoisotopic (exact) mass is 235 g/mol. The molecule has 0 spiro atoms. The van der Waals surface area contributed by atoms with Gasteiger partial charge in [-0.1, -0.05) is 25.1 Å². The van der Waals surface area contributed by atoms with Crippen LogP contribution in [0.2, 0.25) is 0 Å². The van der Waals surface area contributed by atoms with Crippen molar-refractivity contribution < 1.29 is 9.53 Å². The van der Waals surface area contributed by atoms with Crippen molar-refractivity contribution in [2.45, 2.75) is 25.8 Å². The van der Waals surface area contributed by atoms with Crippen molar-refractivity contribution in [3.8, 4) is 5.75 Å². The summed E-state index contributed by atoms with van der Waals surface area (Å²) in [4.78, 5) is 12.7. The van der Waals surface area contributed by atoms with Gasteiger partial charge in [0.25, 0.3) is 0 Å². The SMILES string of the molecule is COc1c(CN(C)C)cccc1C(C)CC=O. The highest BCUT2D eigenvalue weighted by Crippen LogP contribution is 2.31. The number of hydrogen-bond acceptors (Lipinski definition) is 3. The van der Waals surface area contributed by atoms with Gasteiger partial charge in [0.1, 0.15) is 12.0 Å². The second-order valence-electron chi connectivity index (χ2n) is 4.58. The van der Waals surface area contributed by atoms with Crippen molar-refractivity contribution in [1.29, 1.82) is 0 Å². The summed E-state index contributed by atoms with van der Waals surface area (Å²) in [6.07, 6.45) is 1.49. The molecule has 3 heteroatoms. The van der Waals surface area contributed by atoms with E-state index >= 15 is 0 Å². The first kappa shape index (κ1) is 13.7. The topological polar surface area (TPSA) is 29.5 Å². The van der Waals surface area contributed by atoms with Gasteiger partial charge >= 0.3 is 0 Å². The lowest BCUT2D eigenvalue weighted by atomic mass is 9.95. The number of carbonyl (C=O) groups excluding carboxylic acids is 1. The van der Waals surface area contributed by atoms with Gasteiger partial charge in [0.2, 0.25) is 0 Å². The highest BCUT2D eigenvalue weighted by Gasteiger charge is 2.14. The molecule has 0 fully saturated rings. The Hall–Kier alpha value is -1.35. The van der Waals surface area contributed by atoms with Crippen LogP contribution in [0.15, 0.2) is 18.2 Å². The zero-order valence-corrected chi connectivity index (χ0v) is 11.1. The number of methoxy groups -OCH3 is 1. The van der Waals surface area contributed by atoms with Gasteiger partial charge in [0, 0.05) is 18.5 Å². The smallest absolute Gasteiger partial charge is 0.126 e. The quantitative estimate of drug-likeness (QED) is 0.709. The molecule has 0 bridgehead atoms. The molecule has 3 nitrogen and oxygen atoms in total. The van der Waals surface area contributed by atoms with Crippen molar-refractivity contribution in [2.24, 2.45) is 0 Å². The maximum absolute atomic E-state index is 10.6. The highest BCUT2D eigenvalue weighted by atomic mass is 16.5. The lowest BCUT2D eigenvalue weighted by Gasteiger charge is -2.19. The molecule has 0 heterocycles. The molecule has 1 atom stereocenters. The van der Waals surface area contributed by atoms with Crippen LogP contribution in [0, 0.1) is 0 Å². The van der Waals surface area contributed by atoms with E-state index in [0.717, 1.165) is 29.7 Å². The van der Waals surface area contributed by atoms with E-state index < -0.39 is 0 Å². The summed E-state index contributed by atoms with van der Waals surface area (Å²) < 4.78 is 5.50. The van der Waals surface area contributed by atoms with Crippen molar-refractivity contribution in [3.63, 3.8) is 0 Å². The van der Waals surface area contributed by atoms with Crippen LogP contribution in [-0.2, 0) is 11.3 Å². The van der Waals surface area contributed by atoms with E-state index in [9.17, 15) is 4.79 Å². The van der Waals surface area contributed by atoms with Crippen LogP contribution in [0.1, 0.15) is 30.4 Å². The Labute approximate surface area is 103 Å². The summed E-state index contributed by atoms with van der Waals surface area (Å²) in [5.74, 6) is 1.11. The number of hydrogen-bond donors (Lipinski definition) is 0. The maximum atomic E-state index is 10.6. The predicted molar refractivity (Wildman–Crippen MR) is 69.5 cm³/mol. The van der Waals surface area contributed by atoms with E-state index in [1.54, 1.807) is 7.11 Å². The molecule has 1 rings (SSSR count). The molecule has 0 aliphatic carbocycles. The van der Waals surface area contributed by atoms with Crippen molar-refractivity contribution in [2.75, 3.05) is 21.2 Å². The third-order valence-electron chi connectivity index (χ3n) is 2.80. The van der Waals surface area contributed by atoms with Crippen LogP contribution < -0.4 is 4.74 Å². The van der Waals surface area contributed by atoms with Crippen LogP contribution in [0.5, 0.6) is 5.75 Å². The van der Waals surface area contributed by atoms with Gasteiger partial charge in [-0.3, -0.25) is 0 Å². The van der Waals surface area contributed by atoms with E-state index in [-0.39, 0.29) is 5.92 Å².